The first-order chi connectivity index (χ1) is 13.9. The van der Waals surface area contributed by atoms with Crippen LogP contribution >= 0.6 is 46.8 Å². The fourth-order valence-corrected chi connectivity index (χ4v) is 3.90. The fraction of sp³-hybridized carbons (Fsp3) is 0.111. The highest BCUT2D eigenvalue weighted by Gasteiger charge is 2.25. The Hall–Kier alpha value is -2.46. The first-order valence-electron chi connectivity index (χ1n) is 8.20. The zero-order valence-electron chi connectivity index (χ0n) is 14.9. The van der Waals surface area contributed by atoms with Gasteiger partial charge in [-0.05, 0) is 42.7 Å². The summed E-state index contributed by atoms with van der Waals surface area (Å²) in [5, 5.41) is 8.81. The van der Waals surface area contributed by atoms with Gasteiger partial charge < -0.3 is 4.52 Å². The number of nitrogens with one attached hydrogen (secondary N) is 3. The SMILES string of the molecule is Cc1onc(-c2c(Cl)cccc2Cl)c1C(=O)NC(=S)NNC(=O)Cc1cccs1. The van der Waals surface area contributed by atoms with E-state index in [4.69, 9.17) is 39.9 Å². The normalized spacial score (nSPS) is 10.4. The Balaban J connectivity index is 1.67. The minimum atomic E-state index is -0.584. The van der Waals surface area contributed by atoms with E-state index in [1.54, 1.807) is 25.1 Å². The minimum absolute atomic E-state index is 0.0914. The number of hydrazine groups is 1. The second-order valence-electron chi connectivity index (χ2n) is 5.77. The average Bonchev–Trinajstić information content (AvgIpc) is 3.30. The Morgan fingerprint density at radius 1 is 1.17 bits per heavy atom. The van der Waals surface area contributed by atoms with Crippen molar-refractivity contribution in [3.63, 3.8) is 0 Å². The third kappa shape index (κ3) is 5.13. The van der Waals surface area contributed by atoms with Gasteiger partial charge in [0.2, 0.25) is 5.91 Å². The molecule has 0 spiro atoms. The molecule has 0 aliphatic rings. The van der Waals surface area contributed by atoms with E-state index in [2.05, 4.69) is 21.3 Å². The number of halogens is 2. The maximum absolute atomic E-state index is 12.7. The van der Waals surface area contributed by atoms with E-state index in [0.29, 0.717) is 15.6 Å². The van der Waals surface area contributed by atoms with Crippen LogP contribution in [0.25, 0.3) is 11.3 Å². The van der Waals surface area contributed by atoms with Crippen LogP contribution in [0, 0.1) is 6.92 Å². The van der Waals surface area contributed by atoms with Gasteiger partial charge in [0.25, 0.3) is 5.91 Å². The van der Waals surface area contributed by atoms with Gasteiger partial charge >= 0.3 is 0 Å². The van der Waals surface area contributed by atoms with Crippen LogP contribution in [0.2, 0.25) is 10.0 Å². The van der Waals surface area contributed by atoms with Crippen molar-refractivity contribution in [3.8, 4) is 11.3 Å². The number of thiophene rings is 1. The number of nitrogens with zero attached hydrogens (tertiary/aromatic N) is 1. The minimum Gasteiger partial charge on any atom is -0.360 e. The molecule has 2 aromatic heterocycles. The van der Waals surface area contributed by atoms with Crippen molar-refractivity contribution in [1.29, 1.82) is 0 Å². The second-order valence-corrected chi connectivity index (χ2v) is 8.03. The predicted molar refractivity (Wildman–Crippen MR) is 116 cm³/mol. The first-order valence-corrected chi connectivity index (χ1v) is 10.2. The van der Waals surface area contributed by atoms with Crippen LogP contribution in [0.4, 0.5) is 0 Å². The molecule has 0 radical (unpaired) electrons. The molecule has 3 N–H and O–H groups in total. The van der Waals surface area contributed by atoms with Gasteiger partial charge in [-0.3, -0.25) is 25.8 Å². The van der Waals surface area contributed by atoms with Crippen LogP contribution in [0.3, 0.4) is 0 Å². The van der Waals surface area contributed by atoms with Crippen molar-refractivity contribution in [2.75, 3.05) is 0 Å². The van der Waals surface area contributed by atoms with E-state index >= 15 is 0 Å². The van der Waals surface area contributed by atoms with E-state index in [0.717, 1.165) is 4.88 Å². The van der Waals surface area contributed by atoms with Crippen LogP contribution in [0.15, 0.2) is 40.2 Å². The Morgan fingerprint density at radius 2 is 1.90 bits per heavy atom. The molecule has 2 amide bonds. The molecular formula is C18H14Cl2N4O3S2. The summed E-state index contributed by atoms with van der Waals surface area (Å²) in [6.07, 6.45) is 0.196. The maximum Gasteiger partial charge on any atom is 0.263 e. The van der Waals surface area contributed by atoms with Gasteiger partial charge in [0.15, 0.2) is 5.11 Å². The van der Waals surface area contributed by atoms with E-state index in [1.165, 1.54) is 11.3 Å². The molecule has 0 aliphatic heterocycles. The summed E-state index contributed by atoms with van der Waals surface area (Å²) in [6.45, 7) is 1.58. The number of rotatable bonds is 4. The van der Waals surface area contributed by atoms with Gasteiger partial charge in [0, 0.05) is 10.4 Å². The van der Waals surface area contributed by atoms with Gasteiger partial charge in [-0.1, -0.05) is 40.5 Å². The van der Waals surface area contributed by atoms with E-state index in [1.807, 2.05) is 17.5 Å². The van der Waals surface area contributed by atoms with Crippen LogP contribution in [0.1, 0.15) is 21.0 Å². The van der Waals surface area contributed by atoms with Crippen molar-refractivity contribution in [3.05, 3.63) is 62.0 Å². The summed E-state index contributed by atoms with van der Waals surface area (Å²) >= 11 is 19.0. The van der Waals surface area contributed by atoms with Crippen LogP contribution in [0.5, 0.6) is 0 Å². The third-order valence-corrected chi connectivity index (χ3v) is 5.46. The molecule has 150 valence electrons. The van der Waals surface area contributed by atoms with Gasteiger partial charge in [-0.15, -0.1) is 11.3 Å². The third-order valence-electron chi connectivity index (χ3n) is 3.75. The topological polar surface area (TPSA) is 96.3 Å². The molecule has 0 saturated carbocycles. The summed E-state index contributed by atoms with van der Waals surface area (Å²) in [6, 6.07) is 8.64. The highest BCUT2D eigenvalue weighted by molar-refractivity contribution is 7.80. The number of hydrogen-bond donors (Lipinski definition) is 3. The molecule has 29 heavy (non-hydrogen) atoms. The monoisotopic (exact) mass is 468 g/mol. The van der Waals surface area contributed by atoms with E-state index < -0.39 is 5.91 Å². The zero-order chi connectivity index (χ0) is 21.0. The zero-order valence-corrected chi connectivity index (χ0v) is 18.1. The fourth-order valence-electron chi connectivity index (χ4n) is 2.47. The second kappa shape index (κ2) is 9.36. The van der Waals surface area contributed by atoms with Gasteiger partial charge in [-0.25, -0.2) is 0 Å². The smallest absolute Gasteiger partial charge is 0.263 e. The largest absolute Gasteiger partial charge is 0.360 e. The van der Waals surface area contributed by atoms with Crippen molar-refractivity contribution < 1.29 is 14.1 Å². The molecule has 2 heterocycles. The lowest BCUT2D eigenvalue weighted by molar-refractivity contribution is -0.120. The van der Waals surface area contributed by atoms with Crippen LogP contribution in [-0.4, -0.2) is 22.1 Å². The lowest BCUT2D eigenvalue weighted by atomic mass is 10.1. The Morgan fingerprint density at radius 3 is 2.55 bits per heavy atom. The van der Waals surface area contributed by atoms with E-state index in [9.17, 15) is 9.59 Å². The molecule has 0 fully saturated rings. The summed E-state index contributed by atoms with van der Waals surface area (Å²) in [5.74, 6) is -0.619. The number of benzene rings is 1. The lowest BCUT2D eigenvalue weighted by Gasteiger charge is -2.11. The summed E-state index contributed by atoms with van der Waals surface area (Å²) in [7, 11) is 0. The molecule has 11 heteroatoms. The molecule has 3 rings (SSSR count). The molecule has 0 bridgehead atoms. The Kier molecular flexibility index (Phi) is 6.86. The Labute approximate surface area is 185 Å². The van der Waals surface area contributed by atoms with Gasteiger partial charge in [-0.2, -0.15) is 0 Å². The number of amides is 2. The number of carbonyl (C=O) groups excluding carboxylic acids is 2. The highest BCUT2D eigenvalue weighted by Crippen LogP contribution is 2.36. The van der Waals surface area contributed by atoms with Crippen molar-refractivity contribution >= 4 is 63.7 Å². The molecular weight excluding hydrogens is 455 g/mol. The highest BCUT2D eigenvalue weighted by atomic mass is 35.5. The molecule has 0 unspecified atom stereocenters. The molecule has 7 nitrogen and oxygen atoms in total. The summed E-state index contributed by atoms with van der Waals surface area (Å²) in [4.78, 5) is 25.5. The first kappa shape index (κ1) is 21.3. The van der Waals surface area contributed by atoms with Gasteiger partial charge in [0.1, 0.15) is 17.0 Å². The predicted octanol–water partition coefficient (Wildman–Crippen LogP) is 3.90. The average molecular weight is 469 g/mol. The Bertz CT molecular complexity index is 1050. The molecule has 0 aliphatic carbocycles. The van der Waals surface area contributed by atoms with Crippen molar-refractivity contribution in [2.45, 2.75) is 13.3 Å². The number of carbonyl (C=O) groups is 2. The van der Waals surface area contributed by atoms with E-state index in [-0.39, 0.29) is 34.5 Å². The molecule has 0 saturated heterocycles. The maximum atomic E-state index is 12.7. The van der Waals surface area contributed by atoms with Crippen molar-refractivity contribution in [1.82, 2.24) is 21.3 Å². The van der Waals surface area contributed by atoms with Crippen molar-refractivity contribution in [2.24, 2.45) is 0 Å². The number of hydrogen-bond acceptors (Lipinski definition) is 6. The lowest BCUT2D eigenvalue weighted by Crippen LogP contribution is -2.48. The summed E-state index contributed by atoms with van der Waals surface area (Å²) < 4.78 is 5.16. The molecule has 1 aromatic carbocycles. The molecule has 3 aromatic rings. The quantitative estimate of drug-likeness (QED) is 0.396. The summed E-state index contributed by atoms with van der Waals surface area (Å²) in [5.41, 5.74) is 5.63. The van der Waals surface area contributed by atoms with Crippen LogP contribution < -0.4 is 16.2 Å². The number of aryl methyl sites for hydroxylation is 1. The van der Waals surface area contributed by atoms with Crippen LogP contribution in [-0.2, 0) is 11.2 Å². The standard InChI is InChI=1S/C18H14Cl2N4O3S2/c1-9-14(16(24-27-9)15-11(19)5-2-6-12(15)20)17(26)21-18(28)23-22-13(25)8-10-4-3-7-29-10/h2-7H,8H2,1H3,(H,22,25)(H2,21,23,26,28). The molecule has 0 atom stereocenters. The van der Waals surface area contributed by atoms with Gasteiger partial charge in [0.05, 0.1) is 16.5 Å². The number of aromatic nitrogens is 1. The number of thiocarbonyl (C=S) groups is 1.